The molecule has 6 heteroatoms. The van der Waals surface area contributed by atoms with Crippen LogP contribution in [0.25, 0.3) is 0 Å². The summed E-state index contributed by atoms with van der Waals surface area (Å²) < 4.78 is 32.0. The third-order valence-electron chi connectivity index (χ3n) is 3.28. The fourth-order valence-corrected chi connectivity index (χ4v) is 3.36. The van der Waals surface area contributed by atoms with Crippen molar-refractivity contribution in [1.82, 2.24) is 9.29 Å². The van der Waals surface area contributed by atoms with Crippen molar-refractivity contribution in [3.63, 3.8) is 0 Å². The second-order valence-corrected chi connectivity index (χ2v) is 7.03. The van der Waals surface area contributed by atoms with Crippen LogP contribution in [0.1, 0.15) is 18.1 Å². The van der Waals surface area contributed by atoms with Crippen molar-refractivity contribution < 1.29 is 13.2 Å². The number of sulfonamides is 1. The van der Waals surface area contributed by atoms with Crippen molar-refractivity contribution in [2.75, 3.05) is 13.7 Å². The van der Waals surface area contributed by atoms with Crippen LogP contribution >= 0.6 is 0 Å². The highest BCUT2D eigenvalue weighted by atomic mass is 32.2. The van der Waals surface area contributed by atoms with Crippen molar-refractivity contribution in [1.29, 1.82) is 0 Å². The first-order chi connectivity index (χ1) is 10.4. The third-order valence-corrected chi connectivity index (χ3v) is 5.08. The van der Waals surface area contributed by atoms with E-state index in [1.807, 2.05) is 19.9 Å². The van der Waals surface area contributed by atoms with Crippen LogP contribution in [0.5, 0.6) is 5.75 Å². The summed E-state index contributed by atoms with van der Waals surface area (Å²) in [7, 11) is -1.98. The van der Waals surface area contributed by atoms with Gasteiger partial charge in [0.15, 0.2) is 0 Å². The average molecular weight is 320 g/mol. The van der Waals surface area contributed by atoms with Gasteiger partial charge in [-0.05, 0) is 49.2 Å². The molecular weight excluding hydrogens is 300 g/mol. The van der Waals surface area contributed by atoms with Crippen molar-refractivity contribution in [2.45, 2.75) is 25.3 Å². The minimum atomic E-state index is -3.54. The smallest absolute Gasteiger partial charge is 0.243 e. The molecule has 0 atom stereocenters. The van der Waals surface area contributed by atoms with Gasteiger partial charge in [-0.3, -0.25) is 4.98 Å². The molecule has 0 aliphatic rings. The summed E-state index contributed by atoms with van der Waals surface area (Å²) in [6, 6.07) is 8.55. The molecular formula is C16H20N2O3S. The first-order valence-corrected chi connectivity index (χ1v) is 8.48. The van der Waals surface area contributed by atoms with Crippen molar-refractivity contribution in [2.24, 2.45) is 0 Å². The van der Waals surface area contributed by atoms with E-state index in [0.29, 0.717) is 12.4 Å². The van der Waals surface area contributed by atoms with Gasteiger partial charge in [0.25, 0.3) is 0 Å². The van der Waals surface area contributed by atoms with Crippen LogP contribution in [-0.2, 0) is 16.6 Å². The van der Waals surface area contributed by atoms with Crippen molar-refractivity contribution in [3.05, 3.63) is 53.9 Å². The molecule has 0 N–H and O–H groups in total. The summed E-state index contributed by atoms with van der Waals surface area (Å²) in [5.41, 5.74) is 1.65. The Morgan fingerprint density at radius 3 is 2.64 bits per heavy atom. The maximum absolute atomic E-state index is 12.6. The van der Waals surface area contributed by atoms with Gasteiger partial charge in [-0.2, -0.15) is 4.31 Å². The Balaban J connectivity index is 2.24. The molecule has 1 heterocycles. The molecule has 0 amide bonds. The second kappa shape index (κ2) is 6.89. The van der Waals surface area contributed by atoms with Gasteiger partial charge in [-0.15, -0.1) is 0 Å². The van der Waals surface area contributed by atoms with Crippen LogP contribution in [0.4, 0.5) is 0 Å². The normalized spacial score (nSPS) is 11.6. The Kier molecular flexibility index (Phi) is 5.15. The third kappa shape index (κ3) is 3.64. The molecule has 0 saturated heterocycles. The highest BCUT2D eigenvalue weighted by Crippen LogP contribution is 2.24. The van der Waals surface area contributed by atoms with E-state index in [-0.39, 0.29) is 11.4 Å². The summed E-state index contributed by atoms with van der Waals surface area (Å²) >= 11 is 0. The SMILES string of the molecule is CCOc1ccc(S(=O)(=O)N(C)Cc2cccnc2)cc1C. The highest BCUT2D eigenvalue weighted by molar-refractivity contribution is 7.89. The molecule has 1 aromatic heterocycles. The van der Waals surface area contributed by atoms with E-state index in [1.165, 1.54) is 4.31 Å². The number of aryl methyl sites for hydroxylation is 1. The molecule has 0 unspecified atom stereocenters. The first kappa shape index (κ1) is 16.5. The Bertz CT molecular complexity index is 730. The molecule has 0 aliphatic heterocycles. The van der Waals surface area contributed by atoms with Gasteiger partial charge in [-0.1, -0.05) is 6.07 Å². The summed E-state index contributed by atoms with van der Waals surface area (Å²) in [4.78, 5) is 4.26. The van der Waals surface area contributed by atoms with E-state index in [2.05, 4.69) is 4.98 Å². The molecule has 2 aromatic rings. The number of benzene rings is 1. The molecule has 0 saturated carbocycles. The fraction of sp³-hybridized carbons (Fsp3) is 0.312. The van der Waals surface area contributed by atoms with Gasteiger partial charge in [0.2, 0.25) is 10.0 Å². The molecule has 2 rings (SSSR count). The van der Waals surface area contributed by atoms with Gasteiger partial charge in [0, 0.05) is 26.0 Å². The van der Waals surface area contributed by atoms with Gasteiger partial charge in [-0.25, -0.2) is 8.42 Å². The van der Waals surface area contributed by atoms with Crippen LogP contribution in [0, 0.1) is 6.92 Å². The van der Waals surface area contributed by atoms with Gasteiger partial charge >= 0.3 is 0 Å². The Morgan fingerprint density at radius 1 is 1.27 bits per heavy atom. The van der Waals surface area contributed by atoms with Crippen LogP contribution in [0.15, 0.2) is 47.6 Å². The fourth-order valence-electron chi connectivity index (χ4n) is 2.11. The molecule has 118 valence electrons. The largest absolute Gasteiger partial charge is 0.494 e. The predicted octanol–water partition coefficient (Wildman–Crippen LogP) is 2.61. The van der Waals surface area contributed by atoms with Crippen LogP contribution in [0.2, 0.25) is 0 Å². The van der Waals surface area contributed by atoms with Crippen molar-refractivity contribution >= 4 is 10.0 Å². The molecule has 1 aromatic carbocycles. The summed E-state index contributed by atoms with van der Waals surface area (Å²) in [6.07, 6.45) is 3.32. The number of nitrogens with zero attached hydrogens (tertiary/aromatic N) is 2. The maximum atomic E-state index is 12.6. The van der Waals surface area contributed by atoms with E-state index >= 15 is 0 Å². The Morgan fingerprint density at radius 2 is 2.05 bits per heavy atom. The summed E-state index contributed by atoms with van der Waals surface area (Å²) in [5.74, 6) is 0.705. The molecule has 0 radical (unpaired) electrons. The number of rotatable bonds is 6. The van der Waals surface area contributed by atoms with Gasteiger partial charge in [0.1, 0.15) is 5.75 Å². The first-order valence-electron chi connectivity index (χ1n) is 7.04. The number of ether oxygens (including phenoxy) is 1. The van der Waals surface area contributed by atoms with E-state index in [1.54, 1.807) is 43.7 Å². The van der Waals surface area contributed by atoms with E-state index < -0.39 is 10.0 Å². The molecule has 0 aliphatic carbocycles. The van der Waals surface area contributed by atoms with Crippen molar-refractivity contribution in [3.8, 4) is 5.75 Å². The second-order valence-electron chi connectivity index (χ2n) is 4.98. The lowest BCUT2D eigenvalue weighted by Gasteiger charge is -2.18. The Hall–Kier alpha value is -1.92. The molecule has 0 spiro atoms. The lowest BCUT2D eigenvalue weighted by atomic mass is 10.2. The quantitative estimate of drug-likeness (QED) is 0.821. The zero-order valence-corrected chi connectivity index (χ0v) is 13.8. The number of hydrogen-bond donors (Lipinski definition) is 0. The molecule has 0 fully saturated rings. The molecule has 22 heavy (non-hydrogen) atoms. The average Bonchev–Trinajstić information content (AvgIpc) is 2.50. The lowest BCUT2D eigenvalue weighted by Crippen LogP contribution is -2.26. The number of pyridine rings is 1. The molecule has 0 bridgehead atoms. The number of aromatic nitrogens is 1. The topological polar surface area (TPSA) is 59.5 Å². The minimum absolute atomic E-state index is 0.264. The Labute approximate surface area is 131 Å². The van der Waals surface area contributed by atoms with Crippen LogP contribution < -0.4 is 4.74 Å². The maximum Gasteiger partial charge on any atom is 0.243 e. The zero-order valence-electron chi connectivity index (χ0n) is 13.0. The molecule has 5 nitrogen and oxygen atoms in total. The zero-order chi connectivity index (χ0) is 16.2. The van der Waals surface area contributed by atoms with Gasteiger partial charge in [0.05, 0.1) is 11.5 Å². The van der Waals surface area contributed by atoms with Crippen LogP contribution in [-0.4, -0.2) is 31.4 Å². The van der Waals surface area contributed by atoms with E-state index in [0.717, 1.165) is 11.1 Å². The summed E-state index contributed by atoms with van der Waals surface area (Å²) in [6.45, 7) is 4.56. The standard InChI is InChI=1S/C16H20N2O3S/c1-4-21-16-8-7-15(10-13(16)2)22(19,20)18(3)12-14-6-5-9-17-11-14/h5-11H,4,12H2,1-3H3. The van der Waals surface area contributed by atoms with E-state index in [9.17, 15) is 8.42 Å². The monoisotopic (exact) mass is 320 g/mol. The minimum Gasteiger partial charge on any atom is -0.494 e. The van der Waals surface area contributed by atoms with Gasteiger partial charge < -0.3 is 4.74 Å². The predicted molar refractivity (Wildman–Crippen MR) is 85.2 cm³/mol. The highest BCUT2D eigenvalue weighted by Gasteiger charge is 2.21. The number of hydrogen-bond acceptors (Lipinski definition) is 4. The summed E-state index contributed by atoms with van der Waals surface area (Å²) in [5, 5.41) is 0. The van der Waals surface area contributed by atoms with E-state index in [4.69, 9.17) is 4.74 Å². The van der Waals surface area contributed by atoms with Crippen LogP contribution in [0.3, 0.4) is 0 Å². The lowest BCUT2D eigenvalue weighted by molar-refractivity contribution is 0.337.